The molecular weight excluding hydrogens is 334 g/mol. The summed E-state index contributed by atoms with van der Waals surface area (Å²) in [5.74, 6) is 0.793. The topological polar surface area (TPSA) is 53.9 Å². The highest BCUT2D eigenvalue weighted by Crippen LogP contribution is 2.29. The summed E-state index contributed by atoms with van der Waals surface area (Å²) in [6.07, 6.45) is 5.45. The van der Waals surface area contributed by atoms with Gasteiger partial charge in [-0.3, -0.25) is 9.59 Å². The van der Waals surface area contributed by atoms with E-state index in [1.165, 1.54) is 12.8 Å². The zero-order valence-electron chi connectivity index (χ0n) is 15.5. The number of likely N-dealkylation sites (N-methyl/N-ethyl adjacent to an activating group) is 1. The molecule has 0 aromatic heterocycles. The second kappa shape index (κ2) is 9.82. The molecule has 1 aliphatic rings. The van der Waals surface area contributed by atoms with Gasteiger partial charge in [0.2, 0.25) is 0 Å². The number of rotatable bonds is 10. The number of amides is 2. The lowest BCUT2D eigenvalue weighted by atomic mass is 10.3. The minimum Gasteiger partial charge on any atom is -0.338 e. The molecule has 2 N–H and O–H groups in total. The SMILES string of the molecule is CCCN(CC1CC1)C(=O)C[NH+](C)CC(=O)Nc1ccccc1SC. The van der Waals surface area contributed by atoms with E-state index in [-0.39, 0.29) is 18.4 Å². The maximum absolute atomic E-state index is 12.5. The quantitative estimate of drug-likeness (QED) is 0.619. The number of nitrogens with one attached hydrogen (secondary N) is 2. The fraction of sp³-hybridized carbons (Fsp3) is 0.579. The number of benzene rings is 1. The third kappa shape index (κ3) is 6.71. The Hall–Kier alpha value is -1.53. The van der Waals surface area contributed by atoms with E-state index < -0.39 is 0 Å². The summed E-state index contributed by atoms with van der Waals surface area (Å²) < 4.78 is 0. The zero-order chi connectivity index (χ0) is 18.2. The Morgan fingerprint density at radius 3 is 2.64 bits per heavy atom. The molecule has 1 atom stereocenters. The molecule has 2 rings (SSSR count). The average molecular weight is 365 g/mol. The molecule has 25 heavy (non-hydrogen) atoms. The Bertz CT molecular complexity index is 590. The highest BCUT2D eigenvalue weighted by atomic mass is 32.2. The molecule has 1 unspecified atom stereocenters. The van der Waals surface area contributed by atoms with Crippen molar-refractivity contribution in [1.82, 2.24) is 4.90 Å². The van der Waals surface area contributed by atoms with Gasteiger partial charge in [-0.2, -0.15) is 0 Å². The third-order valence-electron chi connectivity index (χ3n) is 4.32. The standard InChI is InChI=1S/C19H29N3O2S/c1-4-11-22(12-15-9-10-15)19(24)14-21(2)13-18(23)20-16-7-5-6-8-17(16)25-3/h5-8,15H,4,9-14H2,1-3H3,(H,20,23)/p+1. The Kier molecular flexibility index (Phi) is 7.78. The van der Waals surface area contributed by atoms with E-state index in [0.29, 0.717) is 12.5 Å². The van der Waals surface area contributed by atoms with Crippen LogP contribution in [-0.2, 0) is 9.59 Å². The summed E-state index contributed by atoms with van der Waals surface area (Å²) in [4.78, 5) is 28.7. The van der Waals surface area contributed by atoms with E-state index in [2.05, 4.69) is 12.2 Å². The smallest absolute Gasteiger partial charge is 0.279 e. The molecular formula is C19H30N3O2S+. The van der Waals surface area contributed by atoms with Crippen molar-refractivity contribution in [2.24, 2.45) is 5.92 Å². The molecule has 1 fully saturated rings. The minimum atomic E-state index is -0.0592. The molecule has 5 nitrogen and oxygen atoms in total. The number of anilines is 1. The Balaban J connectivity index is 1.82. The van der Waals surface area contributed by atoms with Gasteiger partial charge in [-0.05, 0) is 43.6 Å². The molecule has 6 heteroatoms. The van der Waals surface area contributed by atoms with Crippen LogP contribution in [0.1, 0.15) is 26.2 Å². The maximum Gasteiger partial charge on any atom is 0.279 e. The molecule has 1 aromatic carbocycles. The summed E-state index contributed by atoms with van der Waals surface area (Å²) in [5, 5.41) is 2.96. The molecule has 0 spiro atoms. The van der Waals surface area contributed by atoms with Crippen molar-refractivity contribution >= 4 is 29.3 Å². The number of thioether (sulfide) groups is 1. The van der Waals surface area contributed by atoms with Crippen molar-refractivity contribution in [3.63, 3.8) is 0 Å². The predicted molar refractivity (Wildman–Crippen MR) is 103 cm³/mol. The number of hydrogen-bond acceptors (Lipinski definition) is 3. The second-order valence-corrected chi connectivity index (χ2v) is 7.69. The molecule has 0 saturated heterocycles. The highest BCUT2D eigenvalue weighted by molar-refractivity contribution is 7.98. The van der Waals surface area contributed by atoms with Gasteiger partial charge < -0.3 is 15.1 Å². The first-order valence-corrected chi connectivity index (χ1v) is 10.3. The van der Waals surface area contributed by atoms with Gasteiger partial charge in [0.15, 0.2) is 13.1 Å². The van der Waals surface area contributed by atoms with Crippen molar-refractivity contribution in [3.8, 4) is 0 Å². The molecule has 0 aliphatic heterocycles. The summed E-state index contributed by atoms with van der Waals surface area (Å²) in [7, 11) is 1.90. The van der Waals surface area contributed by atoms with Gasteiger partial charge in [0.1, 0.15) is 0 Å². The first kappa shape index (κ1) is 19.8. The normalized spacial score (nSPS) is 14.8. The van der Waals surface area contributed by atoms with Crippen LogP contribution in [-0.4, -0.2) is 56.2 Å². The Morgan fingerprint density at radius 1 is 1.28 bits per heavy atom. The largest absolute Gasteiger partial charge is 0.338 e. The van der Waals surface area contributed by atoms with Crippen LogP contribution < -0.4 is 10.2 Å². The number of carbonyl (C=O) groups excluding carboxylic acids is 2. The molecule has 0 radical (unpaired) electrons. The lowest BCUT2D eigenvalue weighted by Gasteiger charge is -2.23. The van der Waals surface area contributed by atoms with Gasteiger partial charge in [0, 0.05) is 18.0 Å². The van der Waals surface area contributed by atoms with Gasteiger partial charge >= 0.3 is 0 Å². The van der Waals surface area contributed by atoms with Crippen molar-refractivity contribution in [3.05, 3.63) is 24.3 Å². The number of quaternary nitrogens is 1. The first-order valence-electron chi connectivity index (χ1n) is 9.05. The first-order chi connectivity index (χ1) is 12.0. The molecule has 1 aliphatic carbocycles. The Morgan fingerprint density at radius 2 is 2.00 bits per heavy atom. The second-order valence-electron chi connectivity index (χ2n) is 6.84. The monoisotopic (exact) mass is 364 g/mol. The summed E-state index contributed by atoms with van der Waals surface area (Å²) >= 11 is 1.61. The molecule has 2 amide bonds. The van der Waals surface area contributed by atoms with Crippen molar-refractivity contribution in [2.75, 3.05) is 44.8 Å². The van der Waals surface area contributed by atoms with E-state index in [9.17, 15) is 9.59 Å². The van der Waals surface area contributed by atoms with Gasteiger partial charge in [0.25, 0.3) is 11.8 Å². The molecule has 1 saturated carbocycles. The number of para-hydroxylation sites is 1. The van der Waals surface area contributed by atoms with Crippen LogP contribution in [0.25, 0.3) is 0 Å². The van der Waals surface area contributed by atoms with Gasteiger partial charge in [-0.25, -0.2) is 0 Å². The van der Waals surface area contributed by atoms with Crippen LogP contribution in [0.3, 0.4) is 0 Å². The van der Waals surface area contributed by atoms with Crippen molar-refractivity contribution < 1.29 is 14.5 Å². The van der Waals surface area contributed by atoms with Crippen LogP contribution >= 0.6 is 11.8 Å². The van der Waals surface area contributed by atoms with Gasteiger partial charge in [-0.1, -0.05) is 19.1 Å². The average Bonchev–Trinajstić information content (AvgIpc) is 3.38. The lowest BCUT2D eigenvalue weighted by molar-refractivity contribution is -0.862. The van der Waals surface area contributed by atoms with Gasteiger partial charge in [-0.15, -0.1) is 11.8 Å². The summed E-state index contributed by atoms with van der Waals surface area (Å²) in [6, 6.07) is 7.76. The molecule has 0 heterocycles. The van der Waals surface area contributed by atoms with Crippen LogP contribution in [0.4, 0.5) is 5.69 Å². The molecule has 138 valence electrons. The molecule has 1 aromatic rings. The van der Waals surface area contributed by atoms with Crippen LogP contribution in [0.15, 0.2) is 29.2 Å². The predicted octanol–water partition coefficient (Wildman–Crippen LogP) is 1.51. The van der Waals surface area contributed by atoms with Crippen molar-refractivity contribution in [2.45, 2.75) is 31.1 Å². The molecule has 0 bridgehead atoms. The third-order valence-corrected chi connectivity index (χ3v) is 5.11. The zero-order valence-corrected chi connectivity index (χ0v) is 16.3. The minimum absolute atomic E-state index is 0.0592. The number of nitrogens with zero attached hydrogens (tertiary/aromatic N) is 1. The van der Waals surface area contributed by atoms with E-state index >= 15 is 0 Å². The van der Waals surface area contributed by atoms with Crippen LogP contribution in [0.2, 0.25) is 0 Å². The van der Waals surface area contributed by atoms with E-state index in [1.807, 2.05) is 42.5 Å². The van der Waals surface area contributed by atoms with E-state index in [4.69, 9.17) is 0 Å². The van der Waals surface area contributed by atoms with Crippen molar-refractivity contribution in [1.29, 1.82) is 0 Å². The van der Waals surface area contributed by atoms with E-state index in [1.54, 1.807) is 11.8 Å². The summed E-state index contributed by atoms with van der Waals surface area (Å²) in [6.45, 7) is 4.45. The maximum atomic E-state index is 12.5. The van der Waals surface area contributed by atoms with E-state index in [0.717, 1.165) is 35.0 Å². The number of hydrogen-bond donors (Lipinski definition) is 2. The number of carbonyl (C=O) groups is 2. The summed E-state index contributed by atoms with van der Waals surface area (Å²) in [5.41, 5.74) is 0.834. The fourth-order valence-corrected chi connectivity index (χ4v) is 3.40. The van der Waals surface area contributed by atoms with Crippen LogP contribution in [0, 0.1) is 5.92 Å². The fourth-order valence-electron chi connectivity index (χ4n) is 2.85. The highest BCUT2D eigenvalue weighted by Gasteiger charge is 2.27. The van der Waals surface area contributed by atoms with Crippen LogP contribution in [0.5, 0.6) is 0 Å². The van der Waals surface area contributed by atoms with Gasteiger partial charge in [0.05, 0.1) is 12.7 Å². The Labute approximate surface area is 155 Å². The lowest BCUT2D eigenvalue weighted by Crippen LogP contribution is -3.11.